The van der Waals surface area contributed by atoms with Crippen LogP contribution < -0.4 is 10.6 Å². The molecule has 0 unspecified atom stereocenters. The molecular weight excluding hydrogens is 460 g/mol. The number of alkyl halides is 8. The molecule has 0 aromatic carbocycles. The standard InChI is InChI=1S/C17H14F8N4OS/c1-3-31-11-5-8(15(18,19)17(23,24)25)6-27-12(11)14(30)29-10-4-9(16(20,21)22)7-28-13(10)26-2/h4-7H,3H2,1-2H3,(H,26,28)(H,29,30). The molecule has 5 nitrogen and oxygen atoms in total. The Bertz CT molecular complexity index is 962. The summed E-state index contributed by atoms with van der Waals surface area (Å²) in [5, 5.41) is 4.60. The number of rotatable bonds is 6. The minimum absolute atomic E-state index is 0.133. The van der Waals surface area contributed by atoms with E-state index >= 15 is 0 Å². The lowest BCUT2D eigenvalue weighted by atomic mass is 10.1. The number of hydrogen-bond donors (Lipinski definition) is 2. The van der Waals surface area contributed by atoms with Crippen molar-refractivity contribution in [1.29, 1.82) is 0 Å². The van der Waals surface area contributed by atoms with Crippen molar-refractivity contribution in [3.63, 3.8) is 0 Å². The van der Waals surface area contributed by atoms with Crippen LogP contribution in [-0.4, -0.2) is 34.9 Å². The number of carbonyl (C=O) groups is 1. The molecule has 2 rings (SSSR count). The van der Waals surface area contributed by atoms with Gasteiger partial charge in [-0.2, -0.15) is 35.1 Å². The van der Waals surface area contributed by atoms with Gasteiger partial charge in [-0.05, 0) is 17.9 Å². The fourth-order valence-electron chi connectivity index (χ4n) is 2.31. The lowest BCUT2D eigenvalue weighted by molar-refractivity contribution is -0.289. The van der Waals surface area contributed by atoms with Gasteiger partial charge < -0.3 is 10.6 Å². The van der Waals surface area contributed by atoms with E-state index in [1.165, 1.54) is 7.05 Å². The van der Waals surface area contributed by atoms with Crippen LogP contribution in [0.15, 0.2) is 29.4 Å². The maximum absolute atomic E-state index is 13.6. The first-order valence-corrected chi connectivity index (χ1v) is 9.35. The van der Waals surface area contributed by atoms with E-state index in [2.05, 4.69) is 20.6 Å². The van der Waals surface area contributed by atoms with E-state index in [9.17, 15) is 39.9 Å². The molecule has 0 saturated heterocycles. The number of amides is 1. The third kappa shape index (κ3) is 5.35. The van der Waals surface area contributed by atoms with E-state index in [1.54, 1.807) is 6.92 Å². The van der Waals surface area contributed by atoms with Gasteiger partial charge in [-0.25, -0.2) is 9.97 Å². The van der Waals surface area contributed by atoms with E-state index in [4.69, 9.17) is 0 Å². The summed E-state index contributed by atoms with van der Waals surface area (Å²) < 4.78 is 104. The number of nitrogens with zero attached hydrogens (tertiary/aromatic N) is 2. The quantitative estimate of drug-likeness (QED) is 0.424. The van der Waals surface area contributed by atoms with Crippen LogP contribution in [0.25, 0.3) is 0 Å². The minimum Gasteiger partial charge on any atom is -0.371 e. The summed E-state index contributed by atoms with van der Waals surface area (Å²) in [6.07, 6.45) is -9.90. The summed E-state index contributed by atoms with van der Waals surface area (Å²) in [6.45, 7) is 1.55. The summed E-state index contributed by atoms with van der Waals surface area (Å²) in [7, 11) is 1.33. The van der Waals surface area contributed by atoms with Crippen LogP contribution in [-0.2, 0) is 12.1 Å². The van der Waals surface area contributed by atoms with Gasteiger partial charge in [-0.15, -0.1) is 11.8 Å². The molecule has 2 heterocycles. The van der Waals surface area contributed by atoms with Gasteiger partial charge >= 0.3 is 18.3 Å². The lowest BCUT2D eigenvalue weighted by Crippen LogP contribution is -2.34. The van der Waals surface area contributed by atoms with E-state index in [0.717, 1.165) is 11.8 Å². The van der Waals surface area contributed by atoms with Crippen molar-refractivity contribution in [2.24, 2.45) is 0 Å². The summed E-state index contributed by atoms with van der Waals surface area (Å²) >= 11 is 0.764. The Morgan fingerprint density at radius 3 is 2.13 bits per heavy atom. The smallest absolute Gasteiger partial charge is 0.371 e. The normalized spacial score (nSPS) is 12.6. The lowest BCUT2D eigenvalue weighted by Gasteiger charge is -2.20. The Labute approximate surface area is 174 Å². The second-order valence-corrected chi connectivity index (χ2v) is 7.20. The Hall–Kier alpha value is -2.64. The molecule has 0 aliphatic rings. The molecule has 2 aromatic heterocycles. The highest BCUT2D eigenvalue weighted by Gasteiger charge is 2.59. The second-order valence-electron chi connectivity index (χ2n) is 5.90. The number of anilines is 2. The van der Waals surface area contributed by atoms with E-state index in [-0.39, 0.29) is 28.4 Å². The minimum atomic E-state index is -5.88. The first kappa shape index (κ1) is 24.6. The van der Waals surface area contributed by atoms with Crippen molar-refractivity contribution in [2.45, 2.75) is 30.1 Å². The number of thioether (sulfide) groups is 1. The van der Waals surface area contributed by atoms with E-state index in [1.807, 2.05) is 0 Å². The predicted octanol–water partition coefficient (Wildman–Crippen LogP) is 5.56. The van der Waals surface area contributed by atoms with Gasteiger partial charge in [0.25, 0.3) is 5.91 Å². The van der Waals surface area contributed by atoms with Crippen molar-refractivity contribution in [3.8, 4) is 0 Å². The third-order valence-electron chi connectivity index (χ3n) is 3.79. The summed E-state index contributed by atoms with van der Waals surface area (Å²) in [4.78, 5) is 19.2. The molecule has 2 N–H and O–H groups in total. The van der Waals surface area contributed by atoms with E-state index < -0.39 is 41.0 Å². The Morgan fingerprint density at radius 2 is 1.61 bits per heavy atom. The molecular formula is C17H14F8N4OS. The molecule has 14 heteroatoms. The van der Waals surface area contributed by atoms with Gasteiger partial charge in [0.15, 0.2) is 0 Å². The van der Waals surface area contributed by atoms with Crippen LogP contribution in [0.1, 0.15) is 28.5 Å². The molecule has 0 radical (unpaired) electrons. The van der Waals surface area contributed by atoms with Crippen LogP contribution in [0, 0.1) is 0 Å². The van der Waals surface area contributed by atoms with Gasteiger partial charge in [-0.3, -0.25) is 4.79 Å². The average molecular weight is 474 g/mol. The number of halogens is 8. The van der Waals surface area contributed by atoms with Crippen LogP contribution in [0.4, 0.5) is 46.6 Å². The van der Waals surface area contributed by atoms with Crippen LogP contribution in [0.5, 0.6) is 0 Å². The maximum Gasteiger partial charge on any atom is 0.458 e. The highest BCUT2D eigenvalue weighted by molar-refractivity contribution is 7.99. The molecule has 0 fully saturated rings. The topological polar surface area (TPSA) is 66.9 Å². The number of carbonyl (C=O) groups excluding carboxylic acids is 1. The van der Waals surface area contributed by atoms with Crippen LogP contribution >= 0.6 is 11.8 Å². The van der Waals surface area contributed by atoms with Crippen molar-refractivity contribution in [1.82, 2.24) is 9.97 Å². The Balaban J connectivity index is 2.46. The van der Waals surface area contributed by atoms with Crippen molar-refractivity contribution >= 4 is 29.2 Å². The van der Waals surface area contributed by atoms with Gasteiger partial charge in [0, 0.05) is 29.9 Å². The Kier molecular flexibility index (Phi) is 7.03. The Morgan fingerprint density at radius 1 is 1.00 bits per heavy atom. The SMILES string of the molecule is CCSc1cc(C(F)(F)C(F)(F)F)cnc1C(=O)Nc1cc(C(F)(F)F)cnc1NC. The molecule has 0 bridgehead atoms. The molecule has 0 spiro atoms. The molecule has 31 heavy (non-hydrogen) atoms. The number of hydrogen-bond acceptors (Lipinski definition) is 5. The first-order valence-electron chi connectivity index (χ1n) is 8.36. The largest absolute Gasteiger partial charge is 0.458 e. The highest BCUT2D eigenvalue weighted by atomic mass is 32.2. The third-order valence-corrected chi connectivity index (χ3v) is 4.70. The average Bonchev–Trinajstić information content (AvgIpc) is 2.66. The number of aromatic nitrogens is 2. The van der Waals surface area contributed by atoms with Crippen molar-refractivity contribution < 1.29 is 39.9 Å². The van der Waals surface area contributed by atoms with Crippen LogP contribution in [0.3, 0.4) is 0 Å². The zero-order valence-corrected chi connectivity index (χ0v) is 16.6. The van der Waals surface area contributed by atoms with E-state index in [0.29, 0.717) is 18.3 Å². The fourth-order valence-corrected chi connectivity index (χ4v) is 3.12. The van der Waals surface area contributed by atoms with Crippen molar-refractivity contribution in [3.05, 3.63) is 41.3 Å². The molecule has 0 aliphatic heterocycles. The molecule has 0 saturated carbocycles. The van der Waals surface area contributed by atoms with Gasteiger partial charge in [-0.1, -0.05) is 6.92 Å². The highest BCUT2D eigenvalue weighted by Crippen LogP contribution is 2.44. The van der Waals surface area contributed by atoms with Gasteiger partial charge in [0.05, 0.1) is 11.3 Å². The second kappa shape index (κ2) is 8.85. The first-order chi connectivity index (χ1) is 14.2. The van der Waals surface area contributed by atoms with Crippen molar-refractivity contribution in [2.75, 3.05) is 23.4 Å². The maximum atomic E-state index is 13.6. The zero-order chi connectivity index (χ0) is 23.6. The summed E-state index contributed by atoms with van der Waals surface area (Å²) in [5.41, 5.74) is -3.56. The van der Waals surface area contributed by atoms with Gasteiger partial charge in [0.2, 0.25) is 0 Å². The molecule has 0 aliphatic carbocycles. The van der Waals surface area contributed by atoms with Crippen LogP contribution in [0.2, 0.25) is 0 Å². The predicted molar refractivity (Wildman–Crippen MR) is 97.3 cm³/mol. The summed E-state index contributed by atoms with van der Waals surface area (Å²) in [6, 6.07) is 1.07. The zero-order valence-electron chi connectivity index (χ0n) is 15.8. The molecule has 170 valence electrons. The molecule has 2 aromatic rings. The fraction of sp³-hybridized carbons (Fsp3) is 0.353. The summed E-state index contributed by atoms with van der Waals surface area (Å²) in [5.74, 6) is -6.26. The number of pyridine rings is 2. The molecule has 1 amide bonds. The van der Waals surface area contributed by atoms with Gasteiger partial charge in [0.1, 0.15) is 11.5 Å². The monoisotopic (exact) mass is 474 g/mol. The number of nitrogens with one attached hydrogen (secondary N) is 2. The molecule has 0 atom stereocenters.